The van der Waals surface area contributed by atoms with Crippen molar-refractivity contribution >= 4 is 19.3 Å². The van der Waals surface area contributed by atoms with Crippen molar-refractivity contribution in [3.05, 3.63) is 18.2 Å². The van der Waals surface area contributed by atoms with Gasteiger partial charge in [0, 0.05) is 26.2 Å². The largest absolute Gasteiger partial charge is 0.354 e. The summed E-state index contributed by atoms with van der Waals surface area (Å²) in [6.45, 7) is 4.07. The highest BCUT2D eigenvalue weighted by atomic mass is 15.2. The van der Waals surface area contributed by atoms with E-state index in [9.17, 15) is 0 Å². The summed E-state index contributed by atoms with van der Waals surface area (Å²) in [5.41, 5.74) is 0.594. The zero-order valence-electron chi connectivity index (χ0n) is 7.53. The van der Waals surface area contributed by atoms with Gasteiger partial charge in [-0.1, -0.05) is 12.1 Å². The standard InChI is InChI=1S/C9H12BN3/c10-8-2-1-3-9(12-8)13-6-4-11-5-7-13/h1-3,11H,4-7H2. The molecule has 2 rings (SSSR count). The number of hydrogen-bond donors (Lipinski definition) is 1. The van der Waals surface area contributed by atoms with Crippen LogP contribution in [0.25, 0.3) is 0 Å². The molecule has 0 aromatic carbocycles. The Balaban J connectivity index is 2.14. The van der Waals surface area contributed by atoms with E-state index in [4.69, 9.17) is 7.85 Å². The Labute approximate surface area is 79.6 Å². The van der Waals surface area contributed by atoms with Gasteiger partial charge in [-0.3, -0.25) is 0 Å². The fraction of sp³-hybridized carbons (Fsp3) is 0.444. The minimum absolute atomic E-state index is 0.594. The molecule has 1 aromatic heterocycles. The van der Waals surface area contributed by atoms with Crippen molar-refractivity contribution in [2.45, 2.75) is 0 Å². The summed E-state index contributed by atoms with van der Waals surface area (Å²) in [5.74, 6) is 0.988. The predicted octanol–water partition coefficient (Wildman–Crippen LogP) is -0.715. The summed E-state index contributed by atoms with van der Waals surface area (Å²) in [4.78, 5) is 6.52. The van der Waals surface area contributed by atoms with Gasteiger partial charge >= 0.3 is 0 Å². The van der Waals surface area contributed by atoms with E-state index in [1.807, 2.05) is 18.2 Å². The van der Waals surface area contributed by atoms with Gasteiger partial charge in [0.25, 0.3) is 0 Å². The summed E-state index contributed by atoms with van der Waals surface area (Å²) in [6.07, 6.45) is 0. The highest BCUT2D eigenvalue weighted by Crippen LogP contribution is 2.07. The van der Waals surface area contributed by atoms with Gasteiger partial charge in [0.05, 0.1) is 0 Å². The summed E-state index contributed by atoms with van der Waals surface area (Å²) in [5, 5.41) is 3.30. The van der Waals surface area contributed by atoms with Crippen LogP contribution in [0, 0.1) is 0 Å². The smallest absolute Gasteiger partial charge is 0.141 e. The molecule has 4 heteroatoms. The molecule has 2 heterocycles. The number of aromatic nitrogens is 1. The molecule has 0 saturated carbocycles. The van der Waals surface area contributed by atoms with Crippen molar-refractivity contribution in [2.24, 2.45) is 0 Å². The second kappa shape index (κ2) is 3.79. The van der Waals surface area contributed by atoms with Gasteiger partial charge in [-0.2, -0.15) is 0 Å². The first-order valence-electron chi connectivity index (χ1n) is 4.54. The molecular weight excluding hydrogens is 161 g/mol. The summed E-state index contributed by atoms with van der Waals surface area (Å²) in [7, 11) is 5.61. The number of piperazine rings is 1. The zero-order valence-corrected chi connectivity index (χ0v) is 7.53. The lowest BCUT2D eigenvalue weighted by atomic mass is 10.0. The number of rotatable bonds is 1. The predicted molar refractivity (Wildman–Crippen MR) is 54.7 cm³/mol. The molecule has 1 saturated heterocycles. The molecule has 1 aliphatic rings. The monoisotopic (exact) mass is 173 g/mol. The van der Waals surface area contributed by atoms with Gasteiger partial charge in [0.1, 0.15) is 13.7 Å². The third-order valence-electron chi connectivity index (χ3n) is 2.20. The average Bonchev–Trinajstić information content (AvgIpc) is 2.19. The molecule has 0 atom stereocenters. The molecule has 1 N–H and O–H groups in total. The van der Waals surface area contributed by atoms with Crippen molar-refractivity contribution in [1.29, 1.82) is 0 Å². The molecule has 3 nitrogen and oxygen atoms in total. The molecule has 1 aliphatic heterocycles. The van der Waals surface area contributed by atoms with E-state index in [1.165, 1.54) is 0 Å². The minimum Gasteiger partial charge on any atom is -0.354 e. The summed E-state index contributed by atoms with van der Waals surface area (Å²) in [6, 6.07) is 5.76. The molecule has 0 bridgehead atoms. The van der Waals surface area contributed by atoms with Crippen LogP contribution in [-0.2, 0) is 0 Å². The Morgan fingerprint density at radius 1 is 1.31 bits per heavy atom. The maximum atomic E-state index is 5.61. The maximum absolute atomic E-state index is 5.61. The number of pyridine rings is 1. The van der Waals surface area contributed by atoms with Crippen molar-refractivity contribution in [3.8, 4) is 0 Å². The van der Waals surface area contributed by atoms with Crippen molar-refractivity contribution < 1.29 is 0 Å². The molecule has 0 unspecified atom stereocenters. The maximum Gasteiger partial charge on any atom is 0.141 e. The van der Waals surface area contributed by atoms with Gasteiger partial charge < -0.3 is 10.2 Å². The molecule has 2 radical (unpaired) electrons. The van der Waals surface area contributed by atoms with Crippen LogP contribution in [0.4, 0.5) is 5.82 Å². The van der Waals surface area contributed by atoms with Crippen LogP contribution in [0.15, 0.2) is 18.2 Å². The lowest BCUT2D eigenvalue weighted by Gasteiger charge is -2.28. The lowest BCUT2D eigenvalue weighted by Crippen LogP contribution is -2.44. The number of nitrogens with zero attached hydrogens (tertiary/aromatic N) is 2. The van der Waals surface area contributed by atoms with E-state index in [-0.39, 0.29) is 0 Å². The van der Waals surface area contributed by atoms with Gasteiger partial charge in [0.15, 0.2) is 0 Å². The van der Waals surface area contributed by atoms with E-state index in [1.54, 1.807) is 0 Å². The molecular formula is C9H12BN3. The second-order valence-electron chi connectivity index (χ2n) is 3.16. The van der Waals surface area contributed by atoms with Crippen molar-refractivity contribution in [3.63, 3.8) is 0 Å². The van der Waals surface area contributed by atoms with E-state index in [0.717, 1.165) is 32.0 Å². The van der Waals surface area contributed by atoms with Crippen LogP contribution in [0.2, 0.25) is 0 Å². The van der Waals surface area contributed by atoms with Crippen molar-refractivity contribution in [1.82, 2.24) is 10.3 Å². The molecule has 0 spiro atoms. The van der Waals surface area contributed by atoms with E-state index < -0.39 is 0 Å². The van der Waals surface area contributed by atoms with Crippen LogP contribution in [0.5, 0.6) is 0 Å². The summed E-state index contributed by atoms with van der Waals surface area (Å²) < 4.78 is 0. The van der Waals surface area contributed by atoms with Gasteiger partial charge in [-0.15, -0.1) is 0 Å². The second-order valence-corrected chi connectivity index (χ2v) is 3.16. The SMILES string of the molecule is [B]c1cccc(N2CCNCC2)n1. The first-order chi connectivity index (χ1) is 6.36. The number of hydrogen-bond acceptors (Lipinski definition) is 3. The molecule has 1 fully saturated rings. The lowest BCUT2D eigenvalue weighted by molar-refractivity contribution is 0.585. The Morgan fingerprint density at radius 2 is 2.08 bits per heavy atom. The third kappa shape index (κ3) is 2.01. The van der Waals surface area contributed by atoms with Crippen LogP contribution in [0.1, 0.15) is 0 Å². The van der Waals surface area contributed by atoms with Gasteiger partial charge in [-0.25, -0.2) is 4.98 Å². The molecule has 1 aromatic rings. The number of nitrogens with one attached hydrogen (secondary N) is 1. The first-order valence-corrected chi connectivity index (χ1v) is 4.54. The van der Waals surface area contributed by atoms with E-state index in [0.29, 0.717) is 5.59 Å². The quantitative estimate of drug-likeness (QED) is 0.568. The Morgan fingerprint density at radius 3 is 2.77 bits per heavy atom. The zero-order chi connectivity index (χ0) is 9.10. The Hall–Kier alpha value is -1.03. The van der Waals surface area contributed by atoms with Crippen LogP contribution >= 0.6 is 0 Å². The molecule has 66 valence electrons. The fourth-order valence-electron chi connectivity index (χ4n) is 1.51. The molecule has 13 heavy (non-hydrogen) atoms. The first kappa shape index (κ1) is 8.57. The molecule has 0 aliphatic carbocycles. The topological polar surface area (TPSA) is 28.2 Å². The van der Waals surface area contributed by atoms with Crippen LogP contribution < -0.4 is 15.8 Å². The van der Waals surface area contributed by atoms with E-state index in [2.05, 4.69) is 15.2 Å². The van der Waals surface area contributed by atoms with Crippen molar-refractivity contribution in [2.75, 3.05) is 31.1 Å². The van der Waals surface area contributed by atoms with E-state index >= 15 is 0 Å². The normalized spacial score (nSPS) is 17.4. The highest BCUT2D eigenvalue weighted by molar-refractivity contribution is 6.30. The molecule has 0 amide bonds. The highest BCUT2D eigenvalue weighted by Gasteiger charge is 2.10. The number of anilines is 1. The summed E-state index contributed by atoms with van der Waals surface area (Å²) >= 11 is 0. The minimum atomic E-state index is 0.594. The van der Waals surface area contributed by atoms with Crippen LogP contribution in [-0.4, -0.2) is 39.0 Å². The third-order valence-corrected chi connectivity index (χ3v) is 2.20. The van der Waals surface area contributed by atoms with Gasteiger partial charge in [0.2, 0.25) is 0 Å². The fourth-order valence-corrected chi connectivity index (χ4v) is 1.51. The Bertz CT molecular complexity index is 284. The van der Waals surface area contributed by atoms with Crippen LogP contribution in [0.3, 0.4) is 0 Å². The average molecular weight is 173 g/mol. The van der Waals surface area contributed by atoms with Gasteiger partial charge in [-0.05, 0) is 11.7 Å². The Kier molecular flexibility index (Phi) is 2.50.